The smallest absolute Gasteiger partial charge is 0.115 e. The first-order chi connectivity index (χ1) is 8.58. The summed E-state index contributed by atoms with van der Waals surface area (Å²) in [4.78, 5) is 0. The van der Waals surface area contributed by atoms with Gasteiger partial charge in [-0.1, -0.05) is 19.9 Å². The van der Waals surface area contributed by atoms with Crippen LogP contribution in [0, 0.1) is 0 Å². The number of ether oxygens (including phenoxy) is 1. The van der Waals surface area contributed by atoms with Crippen molar-refractivity contribution in [2.24, 2.45) is 5.73 Å². The molecule has 0 amide bonds. The number of phenolic OH excluding ortho intramolecular Hbond substituents is 1. The van der Waals surface area contributed by atoms with E-state index in [-0.39, 0.29) is 30.0 Å². The number of hydrogen-bond donors (Lipinski definition) is 2. The fourth-order valence-corrected chi connectivity index (χ4v) is 3.42. The normalized spacial score (nSPS) is 24.4. The fourth-order valence-electron chi connectivity index (χ4n) is 3.42. The van der Waals surface area contributed by atoms with Crippen LogP contribution in [0.25, 0.3) is 0 Å². The van der Waals surface area contributed by atoms with Crippen molar-refractivity contribution in [3.63, 3.8) is 0 Å². The Morgan fingerprint density at radius 3 is 2.53 bits per heavy atom. The second-order valence-electron chi connectivity index (χ2n) is 5.21. The standard InChI is InChI=1S/C15H23NO2.ClH/c1-4-15(5-2)12-9-11(17)7-6-10(12)8-13(18-3)14(15)16;/h6-7,9,13-14,17H,4-5,8,16H2,1-3H3;1H/t13-,14+;/m1./s1. The van der Waals surface area contributed by atoms with Gasteiger partial charge in [-0.05, 0) is 36.1 Å². The zero-order valence-electron chi connectivity index (χ0n) is 11.8. The van der Waals surface area contributed by atoms with Crippen molar-refractivity contribution in [3.8, 4) is 5.75 Å². The minimum Gasteiger partial charge on any atom is -0.508 e. The zero-order valence-corrected chi connectivity index (χ0v) is 12.7. The van der Waals surface area contributed by atoms with Crippen molar-refractivity contribution in [3.05, 3.63) is 29.3 Å². The molecule has 0 fully saturated rings. The van der Waals surface area contributed by atoms with Gasteiger partial charge in [-0.2, -0.15) is 0 Å². The van der Waals surface area contributed by atoms with E-state index in [1.54, 1.807) is 13.2 Å². The van der Waals surface area contributed by atoms with Gasteiger partial charge in [0.2, 0.25) is 0 Å². The topological polar surface area (TPSA) is 55.5 Å². The monoisotopic (exact) mass is 285 g/mol. The minimum absolute atomic E-state index is 0. The van der Waals surface area contributed by atoms with E-state index in [9.17, 15) is 5.11 Å². The van der Waals surface area contributed by atoms with E-state index >= 15 is 0 Å². The third kappa shape index (κ3) is 2.47. The highest BCUT2D eigenvalue weighted by Crippen LogP contribution is 2.43. The van der Waals surface area contributed by atoms with Gasteiger partial charge in [0.15, 0.2) is 0 Å². The van der Waals surface area contributed by atoms with Gasteiger partial charge in [-0.15, -0.1) is 12.4 Å². The summed E-state index contributed by atoms with van der Waals surface area (Å²) in [5, 5.41) is 9.75. The molecular weight excluding hydrogens is 262 g/mol. The minimum atomic E-state index is -0.0903. The lowest BCUT2D eigenvalue weighted by atomic mass is 9.63. The molecule has 3 nitrogen and oxygen atoms in total. The maximum absolute atomic E-state index is 9.75. The average molecular weight is 286 g/mol. The van der Waals surface area contributed by atoms with E-state index < -0.39 is 0 Å². The number of methoxy groups -OCH3 is 1. The largest absolute Gasteiger partial charge is 0.508 e. The molecule has 1 aliphatic carbocycles. The first-order valence-electron chi connectivity index (χ1n) is 6.69. The van der Waals surface area contributed by atoms with E-state index in [0.717, 1.165) is 19.3 Å². The number of phenols is 1. The molecule has 0 heterocycles. The number of aromatic hydroxyl groups is 1. The number of benzene rings is 1. The lowest BCUT2D eigenvalue weighted by Gasteiger charge is -2.46. The summed E-state index contributed by atoms with van der Waals surface area (Å²) in [5.74, 6) is 0.322. The molecule has 0 saturated carbocycles. The predicted molar refractivity (Wildman–Crippen MR) is 80.1 cm³/mol. The summed E-state index contributed by atoms with van der Waals surface area (Å²) in [7, 11) is 1.73. The van der Waals surface area contributed by atoms with Crippen LogP contribution in [-0.4, -0.2) is 24.4 Å². The predicted octanol–water partition coefficient (Wildman–Crippen LogP) is 2.77. The van der Waals surface area contributed by atoms with E-state index in [4.69, 9.17) is 10.5 Å². The molecule has 0 radical (unpaired) electrons. The molecule has 0 saturated heterocycles. The highest BCUT2D eigenvalue weighted by molar-refractivity contribution is 5.85. The Labute approximate surface area is 121 Å². The molecule has 108 valence electrons. The summed E-state index contributed by atoms with van der Waals surface area (Å²) in [5.41, 5.74) is 8.81. The number of hydrogen-bond acceptors (Lipinski definition) is 3. The van der Waals surface area contributed by atoms with Crippen molar-refractivity contribution >= 4 is 12.4 Å². The summed E-state index contributed by atoms with van der Waals surface area (Å²) in [6.45, 7) is 4.32. The highest BCUT2D eigenvalue weighted by atomic mass is 35.5. The van der Waals surface area contributed by atoms with Crippen molar-refractivity contribution in [2.75, 3.05) is 7.11 Å². The van der Waals surface area contributed by atoms with Gasteiger partial charge >= 0.3 is 0 Å². The van der Waals surface area contributed by atoms with Crippen LogP contribution >= 0.6 is 12.4 Å². The Morgan fingerprint density at radius 2 is 2.00 bits per heavy atom. The van der Waals surface area contributed by atoms with Crippen LogP contribution in [0.1, 0.15) is 37.8 Å². The molecule has 0 bridgehead atoms. The number of nitrogens with two attached hydrogens (primary N) is 1. The second kappa shape index (κ2) is 6.12. The third-order valence-electron chi connectivity index (χ3n) is 4.65. The number of fused-ring (bicyclic) bond motifs is 1. The van der Waals surface area contributed by atoms with Crippen molar-refractivity contribution in [2.45, 2.75) is 50.7 Å². The van der Waals surface area contributed by atoms with Crippen molar-refractivity contribution in [1.29, 1.82) is 0 Å². The molecule has 19 heavy (non-hydrogen) atoms. The van der Waals surface area contributed by atoms with Gasteiger partial charge in [0.25, 0.3) is 0 Å². The van der Waals surface area contributed by atoms with Crippen LogP contribution in [0.2, 0.25) is 0 Å². The van der Waals surface area contributed by atoms with Gasteiger partial charge < -0.3 is 15.6 Å². The summed E-state index contributed by atoms with van der Waals surface area (Å²) < 4.78 is 5.56. The molecule has 0 spiro atoms. The maximum atomic E-state index is 9.75. The van der Waals surface area contributed by atoms with Crippen LogP contribution in [0.3, 0.4) is 0 Å². The average Bonchev–Trinajstić information content (AvgIpc) is 2.39. The Bertz CT molecular complexity index is 432. The van der Waals surface area contributed by atoms with Gasteiger partial charge in [0.1, 0.15) is 5.75 Å². The molecule has 3 N–H and O–H groups in total. The number of rotatable bonds is 3. The first-order valence-corrected chi connectivity index (χ1v) is 6.69. The summed E-state index contributed by atoms with van der Waals surface area (Å²) >= 11 is 0. The SMILES string of the molecule is CCC1(CC)c2cc(O)ccc2C[C@@H](OC)[C@@H]1N.Cl. The van der Waals surface area contributed by atoms with Gasteiger partial charge in [-0.25, -0.2) is 0 Å². The van der Waals surface area contributed by atoms with Crippen LogP contribution in [-0.2, 0) is 16.6 Å². The lowest BCUT2D eigenvalue weighted by molar-refractivity contribution is 0.0399. The summed E-state index contributed by atoms with van der Waals surface area (Å²) in [6.07, 6.45) is 2.80. The molecule has 2 rings (SSSR count). The van der Waals surface area contributed by atoms with Crippen molar-refractivity contribution < 1.29 is 9.84 Å². The van der Waals surface area contributed by atoms with Gasteiger partial charge in [0.05, 0.1) is 6.10 Å². The first kappa shape index (κ1) is 16.3. The molecular formula is C15H24ClNO2. The molecule has 1 aromatic rings. The summed E-state index contributed by atoms with van der Waals surface area (Å²) in [6, 6.07) is 5.61. The van der Waals surface area contributed by atoms with Crippen LogP contribution in [0.5, 0.6) is 5.75 Å². The second-order valence-corrected chi connectivity index (χ2v) is 5.21. The maximum Gasteiger partial charge on any atom is 0.115 e. The van der Waals surface area contributed by atoms with Crippen LogP contribution in [0.15, 0.2) is 18.2 Å². The Hall–Kier alpha value is -0.770. The van der Waals surface area contributed by atoms with Gasteiger partial charge in [0, 0.05) is 25.0 Å². The Morgan fingerprint density at radius 1 is 1.37 bits per heavy atom. The van der Waals surface area contributed by atoms with Crippen LogP contribution < -0.4 is 5.73 Å². The Kier molecular flexibility index (Phi) is 5.25. The molecule has 0 unspecified atom stereocenters. The quantitative estimate of drug-likeness (QED) is 0.898. The molecule has 4 heteroatoms. The fraction of sp³-hybridized carbons (Fsp3) is 0.600. The van der Waals surface area contributed by atoms with E-state index in [1.165, 1.54) is 11.1 Å². The molecule has 1 aliphatic rings. The molecule has 0 aromatic heterocycles. The third-order valence-corrected chi connectivity index (χ3v) is 4.65. The molecule has 1 aromatic carbocycles. The lowest BCUT2D eigenvalue weighted by Crippen LogP contribution is -2.56. The number of halogens is 1. The molecule has 2 atom stereocenters. The van der Waals surface area contributed by atoms with Crippen molar-refractivity contribution in [1.82, 2.24) is 0 Å². The van der Waals surface area contributed by atoms with E-state index in [2.05, 4.69) is 13.8 Å². The zero-order chi connectivity index (χ0) is 13.3. The highest BCUT2D eigenvalue weighted by Gasteiger charge is 2.44. The van der Waals surface area contributed by atoms with Crippen LogP contribution in [0.4, 0.5) is 0 Å². The van der Waals surface area contributed by atoms with E-state index in [0.29, 0.717) is 5.75 Å². The van der Waals surface area contributed by atoms with E-state index in [1.807, 2.05) is 12.1 Å². The van der Waals surface area contributed by atoms with Gasteiger partial charge in [-0.3, -0.25) is 0 Å². The Balaban J connectivity index is 0.00000180. The molecule has 0 aliphatic heterocycles.